The van der Waals surface area contributed by atoms with Crippen LogP contribution >= 0.6 is 0 Å². The fourth-order valence-electron chi connectivity index (χ4n) is 2.10. The van der Waals surface area contributed by atoms with Gasteiger partial charge in [-0.05, 0) is 30.3 Å². The van der Waals surface area contributed by atoms with Gasteiger partial charge in [0.05, 0.1) is 5.69 Å². The molecular formula is C18H15FN4O3. The largest absolute Gasteiger partial charge is 0.484 e. The van der Waals surface area contributed by atoms with E-state index in [0.717, 1.165) is 5.56 Å². The van der Waals surface area contributed by atoms with Gasteiger partial charge in [0.25, 0.3) is 11.8 Å². The Kier molecular flexibility index (Phi) is 5.23. The summed E-state index contributed by atoms with van der Waals surface area (Å²) in [7, 11) is 0. The summed E-state index contributed by atoms with van der Waals surface area (Å²) in [5.74, 6) is -1.17. The minimum absolute atomic E-state index is 0.198. The number of rotatable bonds is 5. The van der Waals surface area contributed by atoms with Gasteiger partial charge < -0.3 is 4.74 Å². The standard InChI is InChI=1S/C18H15FN4O3/c19-13-6-8-14(9-7-13)26-11-17(24)22-23-18(25)16-10-15(20-21-16)12-4-2-1-3-5-12/h1-10H,11H2,(H,20,21)(H,22,24)(H,23,25). The quantitative estimate of drug-likeness (QED) is 0.611. The highest BCUT2D eigenvalue weighted by molar-refractivity contribution is 5.94. The Balaban J connectivity index is 1.48. The van der Waals surface area contributed by atoms with E-state index in [2.05, 4.69) is 21.0 Å². The molecule has 3 rings (SSSR count). The lowest BCUT2D eigenvalue weighted by atomic mass is 10.1. The lowest BCUT2D eigenvalue weighted by Crippen LogP contribution is -2.44. The Hall–Kier alpha value is -3.68. The molecule has 0 aliphatic heterocycles. The molecule has 1 aromatic heterocycles. The molecule has 0 spiro atoms. The van der Waals surface area contributed by atoms with Crippen molar-refractivity contribution in [3.8, 4) is 17.0 Å². The molecule has 0 atom stereocenters. The Morgan fingerprint density at radius 3 is 2.50 bits per heavy atom. The van der Waals surface area contributed by atoms with Crippen molar-refractivity contribution >= 4 is 11.8 Å². The van der Waals surface area contributed by atoms with Crippen molar-refractivity contribution in [1.82, 2.24) is 21.0 Å². The second kappa shape index (κ2) is 7.93. The van der Waals surface area contributed by atoms with E-state index in [0.29, 0.717) is 11.4 Å². The molecule has 0 unspecified atom stereocenters. The molecule has 0 aliphatic carbocycles. The van der Waals surface area contributed by atoms with Crippen LogP contribution in [0.2, 0.25) is 0 Å². The Bertz CT molecular complexity index is 894. The molecule has 8 heteroatoms. The number of carbonyl (C=O) groups excluding carboxylic acids is 2. The molecule has 2 amide bonds. The van der Waals surface area contributed by atoms with E-state index in [4.69, 9.17) is 4.74 Å². The summed E-state index contributed by atoms with van der Waals surface area (Å²) in [6.45, 7) is -0.329. The van der Waals surface area contributed by atoms with Crippen LogP contribution in [0.4, 0.5) is 4.39 Å². The molecule has 7 nitrogen and oxygen atoms in total. The molecule has 3 N–H and O–H groups in total. The van der Waals surface area contributed by atoms with Gasteiger partial charge in [0.15, 0.2) is 6.61 Å². The second-order valence-electron chi connectivity index (χ2n) is 5.28. The first kappa shape index (κ1) is 17.2. The normalized spacial score (nSPS) is 10.2. The highest BCUT2D eigenvalue weighted by Gasteiger charge is 2.12. The van der Waals surface area contributed by atoms with Crippen LogP contribution in [0.3, 0.4) is 0 Å². The molecule has 2 aromatic carbocycles. The van der Waals surface area contributed by atoms with Crippen LogP contribution in [0.5, 0.6) is 5.75 Å². The molecule has 132 valence electrons. The number of hydrogen-bond donors (Lipinski definition) is 3. The first-order valence-electron chi connectivity index (χ1n) is 7.70. The number of aromatic nitrogens is 2. The maximum atomic E-state index is 12.8. The van der Waals surface area contributed by atoms with Crippen LogP contribution in [-0.4, -0.2) is 28.6 Å². The summed E-state index contributed by atoms with van der Waals surface area (Å²) in [5, 5.41) is 6.67. The third-order valence-corrected chi connectivity index (χ3v) is 3.39. The van der Waals surface area contributed by atoms with Crippen molar-refractivity contribution in [1.29, 1.82) is 0 Å². The first-order chi connectivity index (χ1) is 12.6. The number of H-pyrrole nitrogens is 1. The Labute approximate surface area is 148 Å². The van der Waals surface area contributed by atoms with E-state index in [1.165, 1.54) is 24.3 Å². The number of amides is 2. The molecule has 0 aliphatic rings. The molecule has 0 bridgehead atoms. The number of carbonyl (C=O) groups is 2. The smallest absolute Gasteiger partial charge is 0.287 e. The average molecular weight is 354 g/mol. The van der Waals surface area contributed by atoms with Gasteiger partial charge >= 0.3 is 0 Å². The summed E-state index contributed by atoms with van der Waals surface area (Å²) in [4.78, 5) is 23.7. The first-order valence-corrected chi connectivity index (χ1v) is 7.70. The fraction of sp³-hybridized carbons (Fsp3) is 0.0556. The Morgan fingerprint density at radius 2 is 1.77 bits per heavy atom. The van der Waals surface area contributed by atoms with Crippen LogP contribution in [0.15, 0.2) is 60.7 Å². The minimum atomic E-state index is -0.564. The third-order valence-electron chi connectivity index (χ3n) is 3.39. The third kappa shape index (κ3) is 4.44. The van der Waals surface area contributed by atoms with Gasteiger partial charge in [0, 0.05) is 5.56 Å². The maximum Gasteiger partial charge on any atom is 0.287 e. The van der Waals surface area contributed by atoms with Crippen LogP contribution in [0.1, 0.15) is 10.5 Å². The minimum Gasteiger partial charge on any atom is -0.484 e. The second-order valence-corrected chi connectivity index (χ2v) is 5.28. The molecule has 26 heavy (non-hydrogen) atoms. The number of ether oxygens (including phenoxy) is 1. The number of hydrazine groups is 1. The van der Waals surface area contributed by atoms with Crippen molar-refractivity contribution in [2.75, 3.05) is 6.61 Å². The number of hydrogen-bond acceptors (Lipinski definition) is 4. The lowest BCUT2D eigenvalue weighted by Gasteiger charge is -2.08. The van der Waals surface area contributed by atoms with E-state index in [-0.39, 0.29) is 12.3 Å². The summed E-state index contributed by atoms with van der Waals surface area (Å²) in [6.07, 6.45) is 0. The molecule has 0 saturated carbocycles. The Morgan fingerprint density at radius 1 is 1.04 bits per heavy atom. The van der Waals surface area contributed by atoms with Crippen molar-refractivity contribution in [3.63, 3.8) is 0 Å². The fourth-order valence-corrected chi connectivity index (χ4v) is 2.10. The SMILES string of the molecule is O=C(COc1ccc(F)cc1)NNC(=O)c1cc(-c2ccccc2)n[nH]1. The van der Waals surface area contributed by atoms with E-state index < -0.39 is 17.6 Å². The zero-order valence-corrected chi connectivity index (χ0v) is 13.5. The maximum absolute atomic E-state index is 12.8. The topological polar surface area (TPSA) is 96.1 Å². The summed E-state index contributed by atoms with van der Waals surface area (Å²) in [5.41, 5.74) is 6.16. The predicted molar refractivity (Wildman–Crippen MR) is 91.5 cm³/mol. The molecule has 0 saturated heterocycles. The van der Waals surface area contributed by atoms with Crippen molar-refractivity contribution in [3.05, 3.63) is 72.2 Å². The monoisotopic (exact) mass is 354 g/mol. The summed E-state index contributed by atoms with van der Waals surface area (Å²) in [6, 6.07) is 16.2. The average Bonchev–Trinajstić information content (AvgIpc) is 3.17. The van der Waals surface area contributed by atoms with Crippen LogP contribution in [-0.2, 0) is 4.79 Å². The van der Waals surface area contributed by atoms with Crippen molar-refractivity contribution in [2.45, 2.75) is 0 Å². The highest BCUT2D eigenvalue weighted by atomic mass is 19.1. The van der Waals surface area contributed by atoms with Gasteiger partial charge in [0.2, 0.25) is 0 Å². The van der Waals surface area contributed by atoms with Gasteiger partial charge in [-0.2, -0.15) is 5.10 Å². The van der Waals surface area contributed by atoms with Gasteiger partial charge in [-0.25, -0.2) is 4.39 Å². The van der Waals surface area contributed by atoms with Gasteiger partial charge in [-0.3, -0.25) is 25.5 Å². The zero-order chi connectivity index (χ0) is 18.4. The van der Waals surface area contributed by atoms with E-state index in [1.807, 2.05) is 30.3 Å². The number of halogens is 1. The van der Waals surface area contributed by atoms with Crippen LogP contribution < -0.4 is 15.6 Å². The zero-order valence-electron chi connectivity index (χ0n) is 13.5. The molecule has 1 heterocycles. The summed E-state index contributed by atoms with van der Waals surface area (Å²) >= 11 is 0. The number of benzene rings is 2. The van der Waals surface area contributed by atoms with Crippen molar-refractivity contribution < 1.29 is 18.7 Å². The molecule has 3 aromatic rings. The number of aromatic amines is 1. The van der Waals surface area contributed by atoms with E-state index >= 15 is 0 Å². The highest BCUT2D eigenvalue weighted by Crippen LogP contribution is 2.16. The van der Waals surface area contributed by atoms with Crippen LogP contribution in [0, 0.1) is 5.82 Å². The number of nitrogens with zero attached hydrogens (tertiary/aromatic N) is 1. The molecule has 0 fully saturated rings. The lowest BCUT2D eigenvalue weighted by molar-refractivity contribution is -0.123. The summed E-state index contributed by atoms with van der Waals surface area (Å²) < 4.78 is 17.9. The van der Waals surface area contributed by atoms with E-state index in [9.17, 15) is 14.0 Å². The molecular weight excluding hydrogens is 339 g/mol. The van der Waals surface area contributed by atoms with Gasteiger partial charge in [-0.1, -0.05) is 30.3 Å². The number of nitrogens with one attached hydrogen (secondary N) is 3. The predicted octanol–water partition coefficient (Wildman–Crippen LogP) is 2.06. The van der Waals surface area contributed by atoms with Gasteiger partial charge in [0.1, 0.15) is 17.3 Å². The van der Waals surface area contributed by atoms with E-state index in [1.54, 1.807) is 6.07 Å². The molecule has 0 radical (unpaired) electrons. The van der Waals surface area contributed by atoms with Crippen molar-refractivity contribution in [2.24, 2.45) is 0 Å². The van der Waals surface area contributed by atoms with Gasteiger partial charge in [-0.15, -0.1) is 0 Å². The van der Waals surface area contributed by atoms with Crippen LogP contribution in [0.25, 0.3) is 11.3 Å².